The number of allylic oxidation sites excluding steroid dienone is 1. The number of aryl methyl sites for hydroxylation is 1. The molecule has 0 fully saturated rings. The van der Waals surface area contributed by atoms with E-state index in [0.717, 1.165) is 17.0 Å². The number of nitrogens with zero attached hydrogens (tertiary/aromatic N) is 2. The third-order valence-corrected chi connectivity index (χ3v) is 2.84. The molecule has 1 aliphatic heterocycles. The normalized spacial score (nSPS) is 20.0. The van der Waals surface area contributed by atoms with E-state index in [1.807, 2.05) is 31.2 Å². The molecule has 2 heterocycles. The Balaban J connectivity index is 2.30. The van der Waals surface area contributed by atoms with Crippen molar-refractivity contribution in [1.82, 2.24) is 4.98 Å². The summed E-state index contributed by atoms with van der Waals surface area (Å²) < 4.78 is 0. The minimum atomic E-state index is 0.245. The minimum absolute atomic E-state index is 0.245. The number of pyridine rings is 1. The predicted octanol–water partition coefficient (Wildman–Crippen LogP) is 3.12. The van der Waals surface area contributed by atoms with E-state index in [9.17, 15) is 0 Å². The summed E-state index contributed by atoms with van der Waals surface area (Å²) in [5.74, 6) is 0.245. The smallest absolute Gasteiger partial charge is 0.0845 e. The van der Waals surface area contributed by atoms with Crippen LogP contribution in [-0.4, -0.2) is 17.2 Å². The van der Waals surface area contributed by atoms with Crippen molar-refractivity contribution >= 4 is 17.3 Å². The van der Waals surface area contributed by atoms with Gasteiger partial charge in [0.1, 0.15) is 0 Å². The van der Waals surface area contributed by atoms with Gasteiger partial charge in [-0.25, -0.2) is 0 Å². The minimum Gasteiger partial charge on any atom is -0.282 e. The van der Waals surface area contributed by atoms with Crippen molar-refractivity contribution in [3.8, 4) is 0 Å². The molecule has 1 atom stereocenters. The van der Waals surface area contributed by atoms with Crippen LogP contribution in [0.1, 0.15) is 11.3 Å². The topological polar surface area (TPSA) is 25.2 Å². The Morgan fingerprint density at radius 1 is 1.50 bits per heavy atom. The molecule has 3 heteroatoms. The summed E-state index contributed by atoms with van der Waals surface area (Å²) in [4.78, 5) is 8.71. The molecular formula is C13H13ClN2. The van der Waals surface area contributed by atoms with Gasteiger partial charge in [0.15, 0.2) is 0 Å². The van der Waals surface area contributed by atoms with Crippen molar-refractivity contribution in [2.75, 3.05) is 6.54 Å². The van der Waals surface area contributed by atoms with E-state index in [2.05, 4.69) is 16.6 Å². The van der Waals surface area contributed by atoms with Crippen molar-refractivity contribution in [1.29, 1.82) is 0 Å². The van der Waals surface area contributed by atoms with Gasteiger partial charge in [-0.2, -0.15) is 0 Å². The molecule has 0 radical (unpaired) electrons. The lowest BCUT2D eigenvalue weighted by molar-refractivity contribution is 0.812. The number of hydrogen-bond acceptors (Lipinski definition) is 2. The molecular weight excluding hydrogens is 220 g/mol. The molecule has 2 nitrogen and oxygen atoms in total. The van der Waals surface area contributed by atoms with Gasteiger partial charge in [0.05, 0.1) is 10.7 Å². The zero-order chi connectivity index (χ0) is 11.5. The first-order valence-electron chi connectivity index (χ1n) is 5.18. The summed E-state index contributed by atoms with van der Waals surface area (Å²) in [5.41, 5.74) is 2.78. The molecule has 82 valence electrons. The molecule has 2 rings (SSSR count). The van der Waals surface area contributed by atoms with E-state index in [1.54, 1.807) is 6.20 Å². The molecule has 0 amide bonds. The van der Waals surface area contributed by atoms with Crippen LogP contribution in [0, 0.1) is 12.8 Å². The van der Waals surface area contributed by atoms with Crippen LogP contribution in [0.3, 0.4) is 0 Å². The van der Waals surface area contributed by atoms with E-state index in [4.69, 9.17) is 11.6 Å². The highest BCUT2D eigenvalue weighted by Gasteiger charge is 2.15. The summed E-state index contributed by atoms with van der Waals surface area (Å²) >= 11 is 6.19. The Kier molecular flexibility index (Phi) is 3.20. The van der Waals surface area contributed by atoms with Crippen LogP contribution >= 0.6 is 11.6 Å². The number of hydrogen-bond donors (Lipinski definition) is 0. The van der Waals surface area contributed by atoms with Gasteiger partial charge in [-0.15, -0.1) is 6.58 Å². The lowest BCUT2D eigenvalue weighted by Crippen LogP contribution is -2.12. The highest BCUT2D eigenvalue weighted by atomic mass is 35.5. The summed E-state index contributed by atoms with van der Waals surface area (Å²) in [7, 11) is 0. The Labute approximate surface area is 100 Å². The standard InChI is InChI=1S/C13H13ClN2/c1-3-10-6-12(14)13(16-7-10)11-5-4-9(2)15-8-11/h3-6,8,10H,1,7H2,2H3. The van der Waals surface area contributed by atoms with Gasteiger partial charge in [0.2, 0.25) is 0 Å². The average molecular weight is 233 g/mol. The first-order valence-corrected chi connectivity index (χ1v) is 5.56. The fourth-order valence-corrected chi connectivity index (χ4v) is 1.90. The van der Waals surface area contributed by atoms with Crippen LogP contribution < -0.4 is 0 Å². The molecule has 0 aliphatic carbocycles. The highest BCUT2D eigenvalue weighted by Crippen LogP contribution is 2.21. The monoisotopic (exact) mass is 232 g/mol. The zero-order valence-electron chi connectivity index (χ0n) is 9.15. The van der Waals surface area contributed by atoms with Crippen LogP contribution in [0.5, 0.6) is 0 Å². The van der Waals surface area contributed by atoms with Gasteiger partial charge in [0.25, 0.3) is 0 Å². The summed E-state index contributed by atoms with van der Waals surface area (Å²) in [6.07, 6.45) is 5.64. The largest absolute Gasteiger partial charge is 0.282 e. The highest BCUT2D eigenvalue weighted by molar-refractivity contribution is 6.46. The molecule has 0 N–H and O–H groups in total. The lowest BCUT2D eigenvalue weighted by atomic mass is 10.0. The molecule has 0 spiro atoms. The number of halogens is 1. The Bertz CT molecular complexity index is 457. The second kappa shape index (κ2) is 4.62. The number of rotatable bonds is 2. The fraction of sp³-hybridized carbons (Fsp3) is 0.231. The van der Waals surface area contributed by atoms with E-state index >= 15 is 0 Å². The molecule has 0 aromatic carbocycles. The quantitative estimate of drug-likeness (QED) is 0.720. The predicted molar refractivity (Wildman–Crippen MR) is 68.0 cm³/mol. The molecule has 1 aromatic rings. The third kappa shape index (κ3) is 2.22. The SMILES string of the molecule is C=CC1C=C(Cl)C(c2ccc(C)nc2)=NC1. The molecule has 0 saturated heterocycles. The second-order valence-electron chi connectivity index (χ2n) is 3.79. The van der Waals surface area contributed by atoms with Crippen LogP contribution in [0.25, 0.3) is 0 Å². The maximum atomic E-state index is 6.19. The van der Waals surface area contributed by atoms with E-state index in [1.165, 1.54) is 0 Å². The first kappa shape index (κ1) is 11.1. The number of aliphatic imine (C=N–C) groups is 1. The fourth-order valence-electron chi connectivity index (χ4n) is 1.57. The van der Waals surface area contributed by atoms with Gasteiger partial charge in [0, 0.05) is 29.9 Å². The van der Waals surface area contributed by atoms with Gasteiger partial charge < -0.3 is 0 Å². The van der Waals surface area contributed by atoms with Crippen LogP contribution in [0.4, 0.5) is 0 Å². The molecule has 0 saturated carbocycles. The first-order chi connectivity index (χ1) is 7.70. The van der Waals surface area contributed by atoms with Gasteiger partial charge in [-0.05, 0) is 19.1 Å². The lowest BCUT2D eigenvalue weighted by Gasteiger charge is -2.15. The van der Waals surface area contributed by atoms with Crippen LogP contribution in [-0.2, 0) is 0 Å². The average Bonchev–Trinajstić information content (AvgIpc) is 2.30. The third-order valence-electron chi connectivity index (χ3n) is 2.53. The van der Waals surface area contributed by atoms with Crippen LogP contribution in [0.15, 0.2) is 47.1 Å². The Hall–Kier alpha value is -1.41. The van der Waals surface area contributed by atoms with Gasteiger partial charge in [-0.1, -0.05) is 23.8 Å². The van der Waals surface area contributed by atoms with Crippen molar-refractivity contribution in [3.05, 3.63) is 53.4 Å². The molecule has 1 aromatic heterocycles. The summed E-state index contributed by atoms with van der Waals surface area (Å²) in [6, 6.07) is 3.95. The van der Waals surface area contributed by atoms with Gasteiger partial charge in [-0.3, -0.25) is 9.98 Å². The van der Waals surface area contributed by atoms with Crippen LogP contribution in [0.2, 0.25) is 0 Å². The number of dihydropyridines is 1. The molecule has 1 unspecified atom stereocenters. The van der Waals surface area contributed by atoms with E-state index in [-0.39, 0.29) is 5.92 Å². The van der Waals surface area contributed by atoms with Gasteiger partial charge >= 0.3 is 0 Å². The zero-order valence-corrected chi connectivity index (χ0v) is 9.91. The van der Waals surface area contributed by atoms with E-state index < -0.39 is 0 Å². The molecule has 1 aliphatic rings. The Morgan fingerprint density at radius 3 is 2.88 bits per heavy atom. The summed E-state index contributed by atoms with van der Waals surface area (Å²) in [5, 5.41) is 0.682. The van der Waals surface area contributed by atoms with E-state index in [0.29, 0.717) is 11.6 Å². The maximum Gasteiger partial charge on any atom is 0.0845 e. The molecule has 0 bridgehead atoms. The van der Waals surface area contributed by atoms with Crippen molar-refractivity contribution in [2.45, 2.75) is 6.92 Å². The van der Waals surface area contributed by atoms with Crippen molar-refractivity contribution in [2.24, 2.45) is 10.9 Å². The number of aromatic nitrogens is 1. The maximum absolute atomic E-state index is 6.19. The van der Waals surface area contributed by atoms with Crippen molar-refractivity contribution in [3.63, 3.8) is 0 Å². The van der Waals surface area contributed by atoms with Crippen molar-refractivity contribution < 1.29 is 0 Å². The Morgan fingerprint density at radius 2 is 2.31 bits per heavy atom. The second-order valence-corrected chi connectivity index (χ2v) is 4.20. The summed E-state index contributed by atoms with van der Waals surface area (Å²) in [6.45, 7) is 6.41. The molecule has 16 heavy (non-hydrogen) atoms.